The van der Waals surface area contributed by atoms with E-state index in [9.17, 15) is 9.59 Å². The van der Waals surface area contributed by atoms with Gasteiger partial charge in [0, 0.05) is 5.92 Å². The van der Waals surface area contributed by atoms with E-state index in [4.69, 9.17) is 10.5 Å². The van der Waals surface area contributed by atoms with Crippen LogP contribution in [0.5, 0.6) is 0 Å². The van der Waals surface area contributed by atoms with Gasteiger partial charge in [0.2, 0.25) is 0 Å². The van der Waals surface area contributed by atoms with Gasteiger partial charge in [-0.05, 0) is 18.1 Å². The number of carbonyl (C=O) groups is 2. The average molecular weight is 297 g/mol. The maximum Gasteiger partial charge on any atom is 0.307 e. The highest BCUT2D eigenvalue weighted by Crippen LogP contribution is 2.28. The molecule has 114 valence electrons. The number of amides is 1. The zero-order valence-electron chi connectivity index (χ0n) is 12.4. The first-order valence-corrected chi connectivity index (χ1v) is 7.16. The van der Waals surface area contributed by atoms with Crippen LogP contribution in [0.4, 0.5) is 0 Å². The van der Waals surface area contributed by atoms with Gasteiger partial charge in [-0.2, -0.15) is 0 Å². The Morgan fingerprint density at radius 1 is 0.955 bits per heavy atom. The fraction of sp³-hybridized carbons (Fsp3) is 0.222. The molecule has 0 saturated heterocycles. The van der Waals surface area contributed by atoms with E-state index in [0.29, 0.717) is 0 Å². The average Bonchev–Trinajstić information content (AvgIpc) is 2.54. The molecule has 0 aliphatic rings. The lowest BCUT2D eigenvalue weighted by Gasteiger charge is -2.18. The molecule has 2 N–H and O–H groups in total. The van der Waals surface area contributed by atoms with Gasteiger partial charge in [0.05, 0.1) is 6.42 Å². The molecule has 1 amide bonds. The molecule has 2 aromatic carbocycles. The maximum absolute atomic E-state index is 12.1. The minimum Gasteiger partial charge on any atom is -0.453 e. The Labute approximate surface area is 129 Å². The molecule has 4 nitrogen and oxygen atoms in total. The molecule has 0 aromatic heterocycles. The predicted octanol–water partition coefficient (Wildman–Crippen LogP) is 2.63. The van der Waals surface area contributed by atoms with Crippen LogP contribution >= 0.6 is 0 Å². The first-order valence-electron chi connectivity index (χ1n) is 7.16. The number of carbonyl (C=O) groups excluding carboxylic acids is 2. The molecule has 22 heavy (non-hydrogen) atoms. The van der Waals surface area contributed by atoms with Crippen molar-refractivity contribution in [3.05, 3.63) is 71.8 Å². The molecule has 0 fully saturated rings. The number of ether oxygens (including phenoxy) is 1. The molecule has 0 saturated carbocycles. The summed E-state index contributed by atoms with van der Waals surface area (Å²) in [5, 5.41) is 0. The van der Waals surface area contributed by atoms with E-state index in [1.165, 1.54) is 6.92 Å². The zero-order valence-corrected chi connectivity index (χ0v) is 12.4. The number of nitrogens with two attached hydrogens (primary N) is 1. The molecule has 2 aromatic rings. The van der Waals surface area contributed by atoms with Gasteiger partial charge >= 0.3 is 5.97 Å². The Morgan fingerprint density at radius 3 is 1.82 bits per heavy atom. The van der Waals surface area contributed by atoms with Crippen LogP contribution < -0.4 is 5.73 Å². The highest BCUT2D eigenvalue weighted by atomic mass is 16.5. The van der Waals surface area contributed by atoms with Gasteiger partial charge in [0.1, 0.15) is 0 Å². The van der Waals surface area contributed by atoms with Crippen LogP contribution in [0.25, 0.3) is 0 Å². The zero-order chi connectivity index (χ0) is 15.9. The molecule has 0 aliphatic heterocycles. The quantitative estimate of drug-likeness (QED) is 0.833. The van der Waals surface area contributed by atoms with Crippen LogP contribution in [-0.4, -0.2) is 18.0 Å². The lowest BCUT2D eigenvalue weighted by molar-refractivity contribution is -0.154. The molecular formula is C18H19NO3. The van der Waals surface area contributed by atoms with E-state index in [2.05, 4.69) is 0 Å². The van der Waals surface area contributed by atoms with Gasteiger partial charge in [-0.15, -0.1) is 0 Å². The molecular weight excluding hydrogens is 278 g/mol. The van der Waals surface area contributed by atoms with Crippen LogP contribution in [0, 0.1) is 0 Å². The fourth-order valence-corrected chi connectivity index (χ4v) is 2.27. The number of hydrogen-bond acceptors (Lipinski definition) is 3. The second-order valence-corrected chi connectivity index (χ2v) is 5.11. The van der Waals surface area contributed by atoms with Crippen molar-refractivity contribution in [2.75, 3.05) is 0 Å². The summed E-state index contributed by atoms with van der Waals surface area (Å²) < 4.78 is 5.07. The van der Waals surface area contributed by atoms with Gasteiger partial charge in [-0.3, -0.25) is 9.59 Å². The van der Waals surface area contributed by atoms with E-state index < -0.39 is 18.0 Å². The SMILES string of the molecule is CC(OC(=O)CC(c1ccccc1)c1ccccc1)C(N)=O. The minimum absolute atomic E-state index is 0.116. The molecule has 0 heterocycles. The topological polar surface area (TPSA) is 69.4 Å². The number of benzene rings is 2. The largest absolute Gasteiger partial charge is 0.453 e. The van der Waals surface area contributed by atoms with Crippen LogP contribution in [0.15, 0.2) is 60.7 Å². The van der Waals surface area contributed by atoms with E-state index >= 15 is 0 Å². The van der Waals surface area contributed by atoms with Gasteiger partial charge in [-0.1, -0.05) is 60.7 Å². The van der Waals surface area contributed by atoms with Crippen molar-refractivity contribution >= 4 is 11.9 Å². The normalized spacial score (nSPS) is 11.9. The molecule has 0 bridgehead atoms. The molecule has 4 heteroatoms. The van der Waals surface area contributed by atoms with E-state index in [0.717, 1.165) is 11.1 Å². The minimum atomic E-state index is -0.917. The summed E-state index contributed by atoms with van der Waals surface area (Å²) in [5.41, 5.74) is 7.17. The van der Waals surface area contributed by atoms with Gasteiger partial charge in [0.25, 0.3) is 5.91 Å². The number of hydrogen-bond donors (Lipinski definition) is 1. The van der Waals surface area contributed by atoms with Gasteiger partial charge in [0.15, 0.2) is 6.10 Å². The maximum atomic E-state index is 12.1. The molecule has 0 spiro atoms. The molecule has 0 aliphatic carbocycles. The van der Waals surface area contributed by atoms with E-state index in [1.54, 1.807) is 0 Å². The fourth-order valence-electron chi connectivity index (χ4n) is 2.27. The Morgan fingerprint density at radius 2 is 1.41 bits per heavy atom. The van der Waals surface area contributed by atoms with Crippen molar-refractivity contribution < 1.29 is 14.3 Å². The van der Waals surface area contributed by atoms with Crippen LogP contribution in [0.2, 0.25) is 0 Å². The third-order valence-electron chi connectivity index (χ3n) is 3.48. The van der Waals surface area contributed by atoms with Crippen molar-refractivity contribution in [2.45, 2.75) is 25.4 Å². The lowest BCUT2D eigenvalue weighted by atomic mass is 9.88. The summed E-state index contributed by atoms with van der Waals surface area (Å²) in [7, 11) is 0. The number of esters is 1. The number of rotatable bonds is 6. The smallest absolute Gasteiger partial charge is 0.307 e. The summed E-state index contributed by atoms with van der Waals surface area (Å²) >= 11 is 0. The van der Waals surface area contributed by atoms with Gasteiger partial charge < -0.3 is 10.5 Å². The first kappa shape index (κ1) is 15.8. The van der Waals surface area contributed by atoms with Gasteiger partial charge in [-0.25, -0.2) is 0 Å². The van der Waals surface area contributed by atoms with Crippen molar-refractivity contribution in [3.63, 3.8) is 0 Å². The lowest BCUT2D eigenvalue weighted by Crippen LogP contribution is -2.30. The predicted molar refractivity (Wildman–Crippen MR) is 84.1 cm³/mol. The first-order chi connectivity index (χ1) is 10.6. The highest BCUT2D eigenvalue weighted by Gasteiger charge is 2.21. The van der Waals surface area contributed by atoms with E-state index in [-0.39, 0.29) is 12.3 Å². The molecule has 1 unspecified atom stereocenters. The molecule has 0 radical (unpaired) electrons. The third-order valence-corrected chi connectivity index (χ3v) is 3.48. The van der Waals surface area contributed by atoms with Crippen molar-refractivity contribution in [1.82, 2.24) is 0 Å². The standard InChI is InChI=1S/C18H19NO3/c1-13(18(19)21)22-17(20)12-16(14-8-4-2-5-9-14)15-10-6-3-7-11-15/h2-11,13,16H,12H2,1H3,(H2,19,21). The summed E-state index contributed by atoms with van der Waals surface area (Å²) in [5.74, 6) is -1.21. The second-order valence-electron chi connectivity index (χ2n) is 5.11. The Kier molecular flexibility index (Phi) is 5.31. The second kappa shape index (κ2) is 7.41. The Bertz CT molecular complexity index is 586. The van der Waals surface area contributed by atoms with Crippen molar-refractivity contribution in [2.24, 2.45) is 5.73 Å². The summed E-state index contributed by atoms with van der Waals surface area (Å²) in [6, 6.07) is 19.5. The molecule has 2 rings (SSSR count). The Balaban J connectivity index is 2.19. The van der Waals surface area contributed by atoms with Crippen LogP contribution in [0.1, 0.15) is 30.4 Å². The summed E-state index contributed by atoms with van der Waals surface area (Å²) in [4.78, 5) is 23.1. The highest BCUT2D eigenvalue weighted by molar-refractivity contribution is 5.82. The van der Waals surface area contributed by atoms with Crippen LogP contribution in [0.3, 0.4) is 0 Å². The van der Waals surface area contributed by atoms with Crippen molar-refractivity contribution in [3.8, 4) is 0 Å². The summed E-state index contributed by atoms with van der Waals surface area (Å²) in [6.07, 6.45) is -0.759. The molecule has 1 atom stereocenters. The monoisotopic (exact) mass is 297 g/mol. The van der Waals surface area contributed by atoms with Crippen molar-refractivity contribution in [1.29, 1.82) is 0 Å². The Hall–Kier alpha value is -2.62. The summed E-state index contributed by atoms with van der Waals surface area (Å²) in [6.45, 7) is 1.47. The van der Waals surface area contributed by atoms with Crippen LogP contribution in [-0.2, 0) is 14.3 Å². The number of primary amides is 1. The van der Waals surface area contributed by atoms with E-state index in [1.807, 2.05) is 60.7 Å². The third kappa shape index (κ3) is 4.19.